The molecule has 1 aromatic heterocycles. The highest BCUT2D eigenvalue weighted by molar-refractivity contribution is 7.85. The maximum Gasteiger partial charge on any atom is 0.150 e. The fourth-order valence-corrected chi connectivity index (χ4v) is 2.97. The van der Waals surface area contributed by atoms with Gasteiger partial charge in [0.05, 0.1) is 16.5 Å². The zero-order valence-electron chi connectivity index (χ0n) is 7.98. The molecular weight excluding hydrogens is 196 g/mol. The molecule has 0 radical (unpaired) electrons. The monoisotopic (exact) mass is 210 g/mol. The summed E-state index contributed by atoms with van der Waals surface area (Å²) in [5, 5.41) is 0.555. The van der Waals surface area contributed by atoms with E-state index in [4.69, 9.17) is 5.73 Å². The van der Waals surface area contributed by atoms with Gasteiger partial charge in [0.15, 0.2) is 0 Å². The number of nitrogens with two attached hydrogens (primary N) is 1. The van der Waals surface area contributed by atoms with Gasteiger partial charge in [0.2, 0.25) is 0 Å². The summed E-state index contributed by atoms with van der Waals surface area (Å²) in [5.74, 6) is 1.35. The first-order valence-corrected chi connectivity index (χ1v) is 6.18. The zero-order chi connectivity index (χ0) is 9.97. The van der Waals surface area contributed by atoms with Crippen molar-refractivity contribution in [3.8, 4) is 0 Å². The summed E-state index contributed by atoms with van der Waals surface area (Å²) in [4.78, 5) is 4.06. The minimum absolute atomic E-state index is 0.546. The summed E-state index contributed by atoms with van der Waals surface area (Å²) >= 11 is 0. The molecule has 2 N–H and O–H groups in total. The van der Waals surface area contributed by atoms with Crippen molar-refractivity contribution in [2.75, 3.05) is 11.5 Å². The van der Waals surface area contributed by atoms with E-state index in [-0.39, 0.29) is 0 Å². The number of pyridine rings is 1. The van der Waals surface area contributed by atoms with Crippen LogP contribution in [0.1, 0.15) is 19.3 Å². The van der Waals surface area contributed by atoms with Crippen molar-refractivity contribution in [1.82, 2.24) is 4.98 Å². The van der Waals surface area contributed by atoms with Crippen LogP contribution in [0.5, 0.6) is 0 Å². The van der Waals surface area contributed by atoms with Crippen LogP contribution in [0.25, 0.3) is 0 Å². The van der Waals surface area contributed by atoms with Gasteiger partial charge in [0.1, 0.15) is 5.03 Å². The van der Waals surface area contributed by atoms with Crippen LogP contribution in [-0.2, 0) is 10.8 Å². The van der Waals surface area contributed by atoms with Gasteiger partial charge in [-0.25, -0.2) is 4.98 Å². The van der Waals surface area contributed by atoms with E-state index < -0.39 is 10.8 Å². The van der Waals surface area contributed by atoms with Crippen LogP contribution in [-0.4, -0.2) is 14.9 Å². The third-order valence-electron chi connectivity index (χ3n) is 2.63. The average Bonchev–Trinajstić information content (AvgIpc) is 2.12. The van der Waals surface area contributed by atoms with Gasteiger partial charge in [0.25, 0.3) is 0 Å². The second-order valence-corrected chi connectivity index (χ2v) is 5.12. The third-order valence-corrected chi connectivity index (χ3v) is 4.17. The van der Waals surface area contributed by atoms with Crippen molar-refractivity contribution in [1.29, 1.82) is 0 Å². The molecule has 1 aliphatic carbocycles. The Morgan fingerprint density at radius 1 is 1.57 bits per heavy atom. The van der Waals surface area contributed by atoms with Gasteiger partial charge in [-0.1, -0.05) is 6.42 Å². The highest BCUT2D eigenvalue weighted by Crippen LogP contribution is 2.28. The van der Waals surface area contributed by atoms with Crippen LogP contribution in [0.3, 0.4) is 0 Å². The summed E-state index contributed by atoms with van der Waals surface area (Å²) in [7, 11) is -1.01. The lowest BCUT2D eigenvalue weighted by Crippen LogP contribution is -2.19. The smallest absolute Gasteiger partial charge is 0.150 e. The van der Waals surface area contributed by atoms with Crippen molar-refractivity contribution in [2.24, 2.45) is 5.92 Å². The Balaban J connectivity index is 2.06. The summed E-state index contributed by atoms with van der Waals surface area (Å²) < 4.78 is 11.8. The van der Waals surface area contributed by atoms with Gasteiger partial charge in [-0.15, -0.1) is 0 Å². The third kappa shape index (κ3) is 1.95. The number of hydrogen-bond donors (Lipinski definition) is 1. The summed E-state index contributed by atoms with van der Waals surface area (Å²) in [6.45, 7) is 0. The van der Waals surface area contributed by atoms with Crippen molar-refractivity contribution in [3.05, 3.63) is 18.3 Å². The lowest BCUT2D eigenvalue weighted by atomic mass is 9.87. The van der Waals surface area contributed by atoms with Crippen LogP contribution in [0, 0.1) is 5.92 Å². The Bertz CT molecular complexity index is 350. The molecule has 1 aromatic rings. The Labute approximate surface area is 86.2 Å². The van der Waals surface area contributed by atoms with Gasteiger partial charge in [-0.05, 0) is 30.9 Å². The second-order valence-electron chi connectivity index (χ2n) is 3.71. The van der Waals surface area contributed by atoms with Gasteiger partial charge in [-0.2, -0.15) is 0 Å². The highest BCUT2D eigenvalue weighted by Gasteiger charge is 2.21. The second kappa shape index (κ2) is 4.09. The van der Waals surface area contributed by atoms with E-state index in [0.29, 0.717) is 16.6 Å². The minimum atomic E-state index is -1.01. The molecule has 2 rings (SSSR count). The minimum Gasteiger partial charge on any atom is -0.396 e. The molecule has 1 atom stereocenters. The Morgan fingerprint density at radius 2 is 2.36 bits per heavy atom. The molecule has 76 valence electrons. The molecule has 14 heavy (non-hydrogen) atoms. The molecule has 1 unspecified atom stereocenters. The number of anilines is 1. The Kier molecular flexibility index (Phi) is 2.82. The van der Waals surface area contributed by atoms with E-state index in [2.05, 4.69) is 4.98 Å². The molecule has 0 spiro atoms. The van der Waals surface area contributed by atoms with E-state index in [1.54, 1.807) is 18.3 Å². The molecule has 0 aliphatic heterocycles. The molecular formula is C10H14N2OS. The molecule has 0 amide bonds. The number of aromatic nitrogens is 1. The Morgan fingerprint density at radius 3 is 2.93 bits per heavy atom. The van der Waals surface area contributed by atoms with Gasteiger partial charge in [-0.3, -0.25) is 4.21 Å². The van der Waals surface area contributed by atoms with Crippen molar-refractivity contribution in [3.63, 3.8) is 0 Å². The van der Waals surface area contributed by atoms with Crippen LogP contribution in [0.2, 0.25) is 0 Å². The quantitative estimate of drug-likeness (QED) is 0.824. The predicted octanol–water partition coefficient (Wildman–Crippen LogP) is 1.57. The van der Waals surface area contributed by atoms with Crippen molar-refractivity contribution < 1.29 is 4.21 Å². The first-order chi connectivity index (χ1) is 6.77. The average molecular weight is 210 g/mol. The predicted molar refractivity (Wildman–Crippen MR) is 57.3 cm³/mol. The molecule has 1 aliphatic rings. The first kappa shape index (κ1) is 9.65. The van der Waals surface area contributed by atoms with E-state index in [0.717, 1.165) is 5.75 Å². The largest absolute Gasteiger partial charge is 0.396 e. The number of hydrogen-bond acceptors (Lipinski definition) is 3. The molecule has 3 nitrogen and oxygen atoms in total. The molecule has 1 heterocycles. The van der Waals surface area contributed by atoms with Gasteiger partial charge >= 0.3 is 0 Å². The van der Waals surface area contributed by atoms with Gasteiger partial charge < -0.3 is 5.73 Å². The summed E-state index contributed by atoms with van der Waals surface area (Å²) in [6.07, 6.45) is 5.33. The topological polar surface area (TPSA) is 56.0 Å². The highest BCUT2D eigenvalue weighted by atomic mass is 32.2. The first-order valence-electron chi connectivity index (χ1n) is 4.86. The summed E-state index contributed by atoms with van der Waals surface area (Å²) in [5.41, 5.74) is 6.25. The molecule has 4 heteroatoms. The van der Waals surface area contributed by atoms with E-state index in [1.807, 2.05) is 0 Å². The molecule has 0 aromatic carbocycles. The SMILES string of the molecule is Nc1cccnc1S(=O)CC1CCC1. The molecule has 0 saturated heterocycles. The van der Waals surface area contributed by atoms with E-state index >= 15 is 0 Å². The summed E-state index contributed by atoms with van der Waals surface area (Å²) in [6, 6.07) is 3.51. The van der Waals surface area contributed by atoms with Crippen LogP contribution >= 0.6 is 0 Å². The fraction of sp³-hybridized carbons (Fsp3) is 0.500. The van der Waals surface area contributed by atoms with Crippen molar-refractivity contribution in [2.45, 2.75) is 24.3 Å². The standard InChI is InChI=1S/C10H14N2OS/c11-9-5-2-6-12-10(9)14(13)7-8-3-1-4-8/h2,5-6,8H,1,3-4,7,11H2. The number of nitrogens with zero attached hydrogens (tertiary/aromatic N) is 1. The normalized spacial score (nSPS) is 18.9. The number of nitrogen functional groups attached to an aromatic ring is 1. The lowest BCUT2D eigenvalue weighted by Gasteiger charge is -2.24. The Hall–Kier alpha value is -0.900. The van der Waals surface area contributed by atoms with Crippen molar-refractivity contribution >= 4 is 16.5 Å². The molecule has 0 bridgehead atoms. The molecule has 1 fully saturated rings. The molecule has 1 saturated carbocycles. The van der Waals surface area contributed by atoms with Crippen LogP contribution < -0.4 is 5.73 Å². The van der Waals surface area contributed by atoms with Gasteiger partial charge in [0, 0.05) is 11.9 Å². The number of rotatable bonds is 3. The van der Waals surface area contributed by atoms with E-state index in [9.17, 15) is 4.21 Å². The zero-order valence-corrected chi connectivity index (χ0v) is 8.80. The maximum atomic E-state index is 11.8. The van der Waals surface area contributed by atoms with Crippen LogP contribution in [0.4, 0.5) is 5.69 Å². The lowest BCUT2D eigenvalue weighted by molar-refractivity contribution is 0.350. The fourth-order valence-electron chi connectivity index (χ4n) is 1.55. The van der Waals surface area contributed by atoms with Crippen LogP contribution in [0.15, 0.2) is 23.4 Å². The maximum absolute atomic E-state index is 11.8. The van der Waals surface area contributed by atoms with E-state index in [1.165, 1.54) is 19.3 Å².